The summed E-state index contributed by atoms with van der Waals surface area (Å²) in [5.41, 5.74) is 7.96. The largest absolute Gasteiger partial charge is 0.380 e. The molecule has 3 heteroatoms. The first-order valence-corrected chi connectivity index (χ1v) is 4.50. The molecule has 13 heavy (non-hydrogen) atoms. The van der Waals surface area contributed by atoms with Crippen molar-refractivity contribution in [2.75, 3.05) is 13.2 Å². The van der Waals surface area contributed by atoms with Crippen LogP contribution in [0.5, 0.6) is 0 Å². The van der Waals surface area contributed by atoms with Gasteiger partial charge in [-0.25, -0.2) is 0 Å². The van der Waals surface area contributed by atoms with Gasteiger partial charge in [0.1, 0.15) is 0 Å². The minimum Gasteiger partial charge on any atom is -0.380 e. The van der Waals surface area contributed by atoms with E-state index >= 15 is 0 Å². The Morgan fingerprint density at radius 3 is 3.00 bits per heavy atom. The van der Waals surface area contributed by atoms with E-state index < -0.39 is 0 Å². The molecule has 0 saturated heterocycles. The SMILES string of the molecule is CCOCC(N)c1cccnc1C. The average Bonchev–Trinajstić information content (AvgIpc) is 2.15. The van der Waals surface area contributed by atoms with Gasteiger partial charge in [-0.05, 0) is 25.5 Å². The Hall–Kier alpha value is -0.930. The first-order valence-electron chi connectivity index (χ1n) is 4.50. The minimum atomic E-state index is -0.0614. The van der Waals surface area contributed by atoms with Crippen molar-refractivity contribution >= 4 is 0 Å². The molecule has 2 N–H and O–H groups in total. The van der Waals surface area contributed by atoms with Gasteiger partial charge >= 0.3 is 0 Å². The molecule has 0 fully saturated rings. The molecule has 3 nitrogen and oxygen atoms in total. The highest BCUT2D eigenvalue weighted by molar-refractivity contribution is 5.21. The van der Waals surface area contributed by atoms with E-state index in [4.69, 9.17) is 10.5 Å². The van der Waals surface area contributed by atoms with Gasteiger partial charge in [-0.2, -0.15) is 0 Å². The predicted molar refractivity (Wildman–Crippen MR) is 52.4 cm³/mol. The zero-order valence-electron chi connectivity index (χ0n) is 8.16. The molecule has 0 saturated carbocycles. The molecule has 72 valence electrons. The van der Waals surface area contributed by atoms with Crippen LogP contribution >= 0.6 is 0 Å². The molecule has 0 aliphatic heterocycles. The van der Waals surface area contributed by atoms with Crippen LogP contribution in [-0.4, -0.2) is 18.2 Å². The molecule has 0 spiro atoms. The van der Waals surface area contributed by atoms with E-state index in [9.17, 15) is 0 Å². The normalized spacial score (nSPS) is 12.8. The van der Waals surface area contributed by atoms with Crippen LogP contribution in [0.2, 0.25) is 0 Å². The summed E-state index contributed by atoms with van der Waals surface area (Å²) < 4.78 is 5.25. The van der Waals surface area contributed by atoms with Crippen molar-refractivity contribution in [2.24, 2.45) is 5.73 Å². The fraction of sp³-hybridized carbons (Fsp3) is 0.500. The third-order valence-electron chi connectivity index (χ3n) is 1.95. The molecule has 0 aliphatic carbocycles. The number of rotatable bonds is 4. The Bertz CT molecular complexity index is 263. The van der Waals surface area contributed by atoms with Crippen LogP contribution in [0.25, 0.3) is 0 Å². The van der Waals surface area contributed by atoms with E-state index in [1.54, 1.807) is 6.20 Å². The van der Waals surface area contributed by atoms with Crippen LogP contribution in [0.4, 0.5) is 0 Å². The molecule has 1 aromatic rings. The first-order chi connectivity index (χ1) is 6.25. The summed E-state index contributed by atoms with van der Waals surface area (Å²) in [4.78, 5) is 4.17. The molecule has 0 bridgehead atoms. The highest BCUT2D eigenvalue weighted by Gasteiger charge is 2.08. The monoisotopic (exact) mass is 180 g/mol. The number of ether oxygens (including phenoxy) is 1. The van der Waals surface area contributed by atoms with Gasteiger partial charge in [0.15, 0.2) is 0 Å². The molecule has 0 radical (unpaired) electrons. The summed E-state index contributed by atoms with van der Waals surface area (Å²) in [6.45, 7) is 5.18. The smallest absolute Gasteiger partial charge is 0.0659 e. The van der Waals surface area contributed by atoms with Crippen molar-refractivity contribution < 1.29 is 4.74 Å². The van der Waals surface area contributed by atoms with Crippen molar-refractivity contribution in [1.29, 1.82) is 0 Å². The Morgan fingerprint density at radius 1 is 1.62 bits per heavy atom. The minimum absolute atomic E-state index is 0.0614. The fourth-order valence-corrected chi connectivity index (χ4v) is 1.22. The van der Waals surface area contributed by atoms with Crippen molar-refractivity contribution in [3.63, 3.8) is 0 Å². The maximum atomic E-state index is 5.92. The third-order valence-corrected chi connectivity index (χ3v) is 1.95. The molecule has 0 aliphatic rings. The molecular weight excluding hydrogens is 164 g/mol. The number of pyridine rings is 1. The molecule has 1 heterocycles. The van der Waals surface area contributed by atoms with Crippen molar-refractivity contribution in [1.82, 2.24) is 4.98 Å². The first kappa shape index (κ1) is 10.2. The van der Waals surface area contributed by atoms with Crippen LogP contribution in [0.1, 0.15) is 24.2 Å². The van der Waals surface area contributed by atoms with E-state index in [1.165, 1.54) is 0 Å². The molecule has 0 aromatic carbocycles. The molecular formula is C10H16N2O. The third kappa shape index (κ3) is 2.79. The number of nitrogens with zero attached hydrogens (tertiary/aromatic N) is 1. The number of aromatic nitrogens is 1. The lowest BCUT2D eigenvalue weighted by atomic mass is 10.1. The maximum Gasteiger partial charge on any atom is 0.0659 e. The molecule has 1 rings (SSSR count). The Kier molecular flexibility index (Phi) is 3.86. The highest BCUT2D eigenvalue weighted by Crippen LogP contribution is 2.12. The second-order valence-electron chi connectivity index (χ2n) is 2.94. The summed E-state index contributed by atoms with van der Waals surface area (Å²) in [5.74, 6) is 0. The van der Waals surface area contributed by atoms with Gasteiger partial charge < -0.3 is 10.5 Å². The quantitative estimate of drug-likeness (QED) is 0.762. The average molecular weight is 180 g/mol. The van der Waals surface area contributed by atoms with Crippen LogP contribution in [0.3, 0.4) is 0 Å². The van der Waals surface area contributed by atoms with Crippen LogP contribution in [0.15, 0.2) is 18.3 Å². The topological polar surface area (TPSA) is 48.1 Å². The summed E-state index contributed by atoms with van der Waals surface area (Å²) in [5, 5.41) is 0. The van der Waals surface area contributed by atoms with Crippen molar-refractivity contribution in [3.05, 3.63) is 29.6 Å². The second kappa shape index (κ2) is 4.94. The zero-order valence-corrected chi connectivity index (χ0v) is 8.16. The highest BCUT2D eigenvalue weighted by atomic mass is 16.5. The van der Waals surface area contributed by atoms with Gasteiger partial charge in [0.2, 0.25) is 0 Å². The lowest BCUT2D eigenvalue weighted by molar-refractivity contribution is 0.133. The Morgan fingerprint density at radius 2 is 2.38 bits per heavy atom. The van der Waals surface area contributed by atoms with Gasteiger partial charge in [0, 0.05) is 18.5 Å². The summed E-state index contributed by atoms with van der Waals surface area (Å²) >= 11 is 0. The number of nitrogens with two attached hydrogens (primary N) is 1. The number of hydrogen-bond acceptors (Lipinski definition) is 3. The summed E-state index contributed by atoms with van der Waals surface area (Å²) in [6.07, 6.45) is 1.77. The standard InChI is InChI=1S/C10H16N2O/c1-3-13-7-10(11)9-5-4-6-12-8(9)2/h4-6,10H,3,7,11H2,1-2H3. The Balaban J connectivity index is 2.65. The van der Waals surface area contributed by atoms with Crippen molar-refractivity contribution in [3.8, 4) is 0 Å². The summed E-state index contributed by atoms with van der Waals surface area (Å²) in [7, 11) is 0. The number of aryl methyl sites for hydroxylation is 1. The molecule has 1 aromatic heterocycles. The van der Waals surface area contributed by atoms with Gasteiger partial charge in [-0.3, -0.25) is 4.98 Å². The Labute approximate surface area is 78.9 Å². The second-order valence-corrected chi connectivity index (χ2v) is 2.94. The van der Waals surface area contributed by atoms with Crippen LogP contribution in [-0.2, 0) is 4.74 Å². The fourth-order valence-electron chi connectivity index (χ4n) is 1.22. The van der Waals surface area contributed by atoms with Crippen LogP contribution in [0, 0.1) is 6.92 Å². The lowest BCUT2D eigenvalue weighted by Crippen LogP contribution is -2.18. The lowest BCUT2D eigenvalue weighted by Gasteiger charge is -2.13. The van der Waals surface area contributed by atoms with E-state index in [-0.39, 0.29) is 6.04 Å². The predicted octanol–water partition coefficient (Wildman–Crippen LogP) is 1.43. The van der Waals surface area contributed by atoms with E-state index in [0.717, 1.165) is 11.3 Å². The van der Waals surface area contributed by atoms with Gasteiger partial charge in [0.05, 0.1) is 12.6 Å². The zero-order chi connectivity index (χ0) is 9.68. The van der Waals surface area contributed by atoms with E-state index in [0.29, 0.717) is 13.2 Å². The van der Waals surface area contributed by atoms with Gasteiger partial charge in [-0.15, -0.1) is 0 Å². The molecule has 0 amide bonds. The van der Waals surface area contributed by atoms with Crippen LogP contribution < -0.4 is 5.73 Å². The van der Waals surface area contributed by atoms with Gasteiger partial charge in [-0.1, -0.05) is 6.07 Å². The number of hydrogen-bond donors (Lipinski definition) is 1. The molecule has 1 atom stereocenters. The maximum absolute atomic E-state index is 5.92. The van der Waals surface area contributed by atoms with Crippen molar-refractivity contribution in [2.45, 2.75) is 19.9 Å². The summed E-state index contributed by atoms with van der Waals surface area (Å²) in [6, 6.07) is 3.83. The van der Waals surface area contributed by atoms with E-state index in [1.807, 2.05) is 26.0 Å². The van der Waals surface area contributed by atoms with E-state index in [2.05, 4.69) is 4.98 Å². The van der Waals surface area contributed by atoms with Gasteiger partial charge in [0.25, 0.3) is 0 Å². The molecule has 1 unspecified atom stereocenters.